The smallest absolute Gasteiger partial charge is 0.271 e. The van der Waals surface area contributed by atoms with Gasteiger partial charge in [-0.3, -0.25) is 10.0 Å². The molecule has 0 fully saturated rings. The van der Waals surface area contributed by atoms with E-state index in [0.717, 1.165) is 27.0 Å². The van der Waals surface area contributed by atoms with Crippen LogP contribution in [0.25, 0.3) is 0 Å². The van der Waals surface area contributed by atoms with E-state index in [4.69, 9.17) is 20.2 Å². The van der Waals surface area contributed by atoms with Crippen LogP contribution in [0.4, 0.5) is 0 Å². The van der Waals surface area contributed by atoms with Gasteiger partial charge in [0.15, 0.2) is 11.9 Å². The van der Waals surface area contributed by atoms with E-state index in [1.165, 1.54) is 6.20 Å². The molecule has 0 saturated heterocycles. The molecule has 4 aromatic carbocycles. The molecule has 7 nitrogen and oxygen atoms in total. The van der Waals surface area contributed by atoms with Crippen molar-refractivity contribution in [3.63, 3.8) is 0 Å². The fraction of sp³-hybridized carbons (Fsp3) is 0.121. The van der Waals surface area contributed by atoms with Gasteiger partial charge >= 0.3 is 0 Å². The summed E-state index contributed by atoms with van der Waals surface area (Å²) in [5, 5.41) is 20.7. The third kappa shape index (κ3) is 6.13. The van der Waals surface area contributed by atoms with Crippen LogP contribution < -0.4 is 20.1 Å². The van der Waals surface area contributed by atoms with E-state index < -0.39 is 24.9 Å². The van der Waals surface area contributed by atoms with Gasteiger partial charge in [0.1, 0.15) is 12.2 Å². The minimum atomic E-state index is -0.993. The first-order valence-corrected chi connectivity index (χ1v) is 13.0. The molecule has 7 heteroatoms. The second-order valence-electron chi connectivity index (χ2n) is 9.22. The van der Waals surface area contributed by atoms with Crippen molar-refractivity contribution in [2.24, 2.45) is 5.90 Å². The maximum absolute atomic E-state index is 10.9. The van der Waals surface area contributed by atoms with Crippen LogP contribution in [0.2, 0.25) is 0 Å². The molecule has 1 unspecified atom stereocenters. The fourth-order valence-electron chi connectivity index (χ4n) is 4.57. The molecule has 0 amide bonds. The highest BCUT2D eigenvalue weighted by atomic mass is 16.6. The molecule has 0 spiro atoms. The number of nitrogens with two attached hydrogens (primary N) is 1. The highest BCUT2D eigenvalue weighted by molar-refractivity contribution is 5.42. The number of rotatable bonds is 11. The number of aliphatic hydroxyl groups is 1. The van der Waals surface area contributed by atoms with Gasteiger partial charge in [-0.05, 0) is 22.3 Å². The number of hydrogen-bond donors (Lipinski definition) is 3. The molecule has 1 aromatic heterocycles. The molecule has 5 aromatic rings. The van der Waals surface area contributed by atoms with Crippen LogP contribution in [-0.2, 0) is 4.84 Å². The summed E-state index contributed by atoms with van der Waals surface area (Å²) >= 11 is 0. The third-order valence-electron chi connectivity index (χ3n) is 6.58. The molecular weight excluding hydrogens is 504 g/mol. The minimum Gasteiger partial charge on any atom is -0.477 e. The Morgan fingerprint density at radius 1 is 0.600 bits per heavy atom. The lowest BCUT2D eigenvalue weighted by atomic mass is 10.0. The summed E-state index contributed by atoms with van der Waals surface area (Å²) in [5.41, 5.74) is 3.91. The van der Waals surface area contributed by atoms with Crippen molar-refractivity contribution in [3.05, 3.63) is 162 Å². The summed E-state index contributed by atoms with van der Waals surface area (Å²) in [6.45, 7) is -0.450. The van der Waals surface area contributed by atoms with Crippen molar-refractivity contribution in [1.82, 2.24) is 0 Å². The second kappa shape index (κ2) is 12.9. The molecule has 202 valence electrons. The Morgan fingerprint density at radius 2 is 0.975 bits per heavy atom. The summed E-state index contributed by atoms with van der Waals surface area (Å²) in [6, 6.07) is 40.9. The van der Waals surface area contributed by atoms with E-state index in [1.807, 2.05) is 121 Å². The molecule has 5 rings (SSSR count). The summed E-state index contributed by atoms with van der Waals surface area (Å²) in [5.74, 6) is 6.06. The SMILES string of the molecule is NOC(CO)c1cc(OC(c2ccccc2)c2ccccc2)c(OC(c2ccccc2)c2ccccc2)c[n+]1O. The van der Waals surface area contributed by atoms with Gasteiger partial charge in [0.25, 0.3) is 11.9 Å². The molecule has 40 heavy (non-hydrogen) atoms. The van der Waals surface area contributed by atoms with Crippen molar-refractivity contribution in [2.75, 3.05) is 6.61 Å². The Bertz CT molecular complexity index is 1400. The topological polar surface area (TPSA) is 98.1 Å². The zero-order valence-corrected chi connectivity index (χ0v) is 21.8. The molecule has 0 bridgehead atoms. The normalized spacial score (nSPS) is 11.9. The van der Waals surface area contributed by atoms with E-state index in [2.05, 4.69) is 0 Å². The first-order chi connectivity index (χ1) is 19.7. The van der Waals surface area contributed by atoms with Crippen LogP contribution in [0.5, 0.6) is 11.5 Å². The fourth-order valence-corrected chi connectivity index (χ4v) is 4.57. The Hall–Kier alpha value is -4.69. The number of aliphatic hydroxyl groups excluding tert-OH is 1. The van der Waals surface area contributed by atoms with E-state index in [9.17, 15) is 10.3 Å². The maximum Gasteiger partial charge on any atom is 0.271 e. The first-order valence-electron chi connectivity index (χ1n) is 13.0. The number of hydrogen-bond acceptors (Lipinski definition) is 6. The van der Waals surface area contributed by atoms with Gasteiger partial charge in [-0.2, -0.15) is 0 Å². The largest absolute Gasteiger partial charge is 0.477 e. The van der Waals surface area contributed by atoms with E-state index in [-0.39, 0.29) is 11.4 Å². The Morgan fingerprint density at radius 3 is 1.32 bits per heavy atom. The number of pyridine rings is 1. The average Bonchev–Trinajstić information content (AvgIpc) is 3.02. The van der Waals surface area contributed by atoms with Crippen LogP contribution in [0.15, 0.2) is 134 Å². The van der Waals surface area contributed by atoms with E-state index in [1.54, 1.807) is 6.07 Å². The predicted octanol–water partition coefficient (Wildman–Crippen LogP) is 5.47. The molecule has 1 atom stereocenters. The summed E-state index contributed by atoms with van der Waals surface area (Å²) in [6.07, 6.45) is -0.585. The predicted molar refractivity (Wildman–Crippen MR) is 150 cm³/mol. The summed E-state index contributed by atoms with van der Waals surface area (Å²) in [7, 11) is 0. The minimum absolute atomic E-state index is 0.197. The molecule has 0 saturated carbocycles. The number of ether oxygens (including phenoxy) is 2. The van der Waals surface area contributed by atoms with Gasteiger partial charge in [-0.25, -0.2) is 5.90 Å². The van der Waals surface area contributed by atoms with Crippen LogP contribution in [0, 0.1) is 0 Å². The molecule has 4 N–H and O–H groups in total. The van der Waals surface area contributed by atoms with Gasteiger partial charge in [-0.15, -0.1) is 0 Å². The van der Waals surface area contributed by atoms with Crippen molar-refractivity contribution in [3.8, 4) is 11.5 Å². The Balaban J connectivity index is 1.63. The summed E-state index contributed by atoms with van der Waals surface area (Å²) in [4.78, 5) is 4.93. The molecule has 0 radical (unpaired) electrons. The standard InChI is InChI=1S/C33H31N2O5/c34-40-31(23-36)28-21-29(38-32(24-13-5-1-6-14-24)25-15-7-2-8-16-25)30(22-35(28)37)39-33(26-17-9-3-10-18-26)27-19-11-4-12-20-27/h1-22,31-33,36-37H,23,34H2/q+1. The van der Waals surface area contributed by atoms with Crippen LogP contribution in [0.1, 0.15) is 46.3 Å². The van der Waals surface area contributed by atoms with Gasteiger partial charge < -0.3 is 14.6 Å². The second-order valence-corrected chi connectivity index (χ2v) is 9.22. The van der Waals surface area contributed by atoms with E-state index >= 15 is 0 Å². The van der Waals surface area contributed by atoms with E-state index in [0.29, 0.717) is 5.75 Å². The van der Waals surface area contributed by atoms with Gasteiger partial charge in [0.05, 0.1) is 12.7 Å². The zero-order chi connectivity index (χ0) is 27.7. The monoisotopic (exact) mass is 535 g/mol. The summed E-state index contributed by atoms with van der Waals surface area (Å²) < 4.78 is 14.2. The van der Waals surface area contributed by atoms with Gasteiger partial charge in [0, 0.05) is 4.73 Å². The lowest BCUT2D eigenvalue weighted by Crippen LogP contribution is -2.39. The highest BCUT2D eigenvalue weighted by Crippen LogP contribution is 2.38. The van der Waals surface area contributed by atoms with Gasteiger partial charge in [0.2, 0.25) is 5.75 Å². The average molecular weight is 536 g/mol. The van der Waals surface area contributed by atoms with Gasteiger partial charge in [-0.1, -0.05) is 121 Å². The quantitative estimate of drug-likeness (QED) is 0.118. The van der Waals surface area contributed by atoms with Crippen molar-refractivity contribution in [2.45, 2.75) is 18.3 Å². The van der Waals surface area contributed by atoms with Crippen LogP contribution in [-0.4, -0.2) is 16.9 Å². The van der Waals surface area contributed by atoms with Crippen LogP contribution in [0.3, 0.4) is 0 Å². The molecule has 0 aliphatic heterocycles. The lowest BCUT2D eigenvalue weighted by molar-refractivity contribution is -0.911. The van der Waals surface area contributed by atoms with Crippen molar-refractivity contribution >= 4 is 0 Å². The lowest BCUT2D eigenvalue weighted by Gasteiger charge is -2.24. The Kier molecular flexibility index (Phi) is 8.68. The Labute approximate surface area is 233 Å². The van der Waals surface area contributed by atoms with Crippen molar-refractivity contribution in [1.29, 1.82) is 0 Å². The maximum atomic E-state index is 10.9. The molecule has 0 aliphatic rings. The molecule has 0 aliphatic carbocycles. The molecular formula is C33H31N2O5+. The third-order valence-corrected chi connectivity index (χ3v) is 6.58. The zero-order valence-electron chi connectivity index (χ0n) is 21.8. The number of benzene rings is 4. The number of aromatic nitrogens is 1. The molecule has 1 heterocycles. The first kappa shape index (κ1) is 26.9. The number of nitrogens with zero attached hydrogens (tertiary/aromatic N) is 1. The highest BCUT2D eigenvalue weighted by Gasteiger charge is 2.30. The van der Waals surface area contributed by atoms with Crippen LogP contribution >= 0.6 is 0 Å². The van der Waals surface area contributed by atoms with Crippen molar-refractivity contribution < 1.29 is 29.4 Å².